The van der Waals surface area contributed by atoms with E-state index in [2.05, 4.69) is 11.4 Å². The summed E-state index contributed by atoms with van der Waals surface area (Å²) in [4.78, 5) is 1.77. The average Bonchev–Trinajstić information content (AvgIpc) is 2.51. The summed E-state index contributed by atoms with van der Waals surface area (Å²) >= 11 is 11.5. The van der Waals surface area contributed by atoms with Gasteiger partial charge in [0, 0.05) is 23.3 Å². The van der Waals surface area contributed by atoms with Gasteiger partial charge in [0.25, 0.3) is 0 Å². The van der Waals surface area contributed by atoms with E-state index in [1.165, 1.54) is 0 Å². The van der Waals surface area contributed by atoms with Crippen LogP contribution in [-0.2, 0) is 5.54 Å². The van der Waals surface area contributed by atoms with Crippen LogP contribution < -0.4 is 5.32 Å². The summed E-state index contributed by atoms with van der Waals surface area (Å²) in [7, 11) is 1.81. The third-order valence-corrected chi connectivity index (χ3v) is 4.39. The van der Waals surface area contributed by atoms with Crippen LogP contribution in [0.2, 0.25) is 5.02 Å². The van der Waals surface area contributed by atoms with Gasteiger partial charge in [-0.1, -0.05) is 41.9 Å². The number of fused-ring (bicyclic) bond motifs is 1. The summed E-state index contributed by atoms with van der Waals surface area (Å²) in [5.74, 6) is 0. The van der Waals surface area contributed by atoms with Crippen molar-refractivity contribution in [2.24, 2.45) is 0 Å². The molecule has 3 nitrogen and oxygen atoms in total. The monoisotopic (exact) mass is 313 g/mol. The summed E-state index contributed by atoms with van der Waals surface area (Å²) in [5.41, 5.74) is 1.50. The zero-order valence-electron chi connectivity index (χ0n) is 11.3. The number of benzene rings is 2. The molecule has 0 radical (unpaired) electrons. The zero-order valence-corrected chi connectivity index (χ0v) is 12.9. The molecule has 1 heterocycles. The first kappa shape index (κ1) is 13.9. The van der Waals surface area contributed by atoms with Crippen molar-refractivity contribution in [2.45, 2.75) is 5.54 Å². The highest BCUT2D eigenvalue weighted by molar-refractivity contribution is 7.80. The lowest BCUT2D eigenvalue weighted by Crippen LogP contribution is -2.52. The lowest BCUT2D eigenvalue weighted by Gasteiger charge is -2.43. The number of hydrogen-bond donors (Lipinski definition) is 1. The molecule has 21 heavy (non-hydrogen) atoms. The van der Waals surface area contributed by atoms with Gasteiger partial charge in [-0.3, -0.25) is 0 Å². The molecule has 0 saturated heterocycles. The van der Waals surface area contributed by atoms with Gasteiger partial charge in [-0.2, -0.15) is 5.26 Å². The third-order valence-electron chi connectivity index (χ3n) is 3.77. The van der Waals surface area contributed by atoms with Crippen molar-refractivity contribution in [1.82, 2.24) is 4.90 Å². The second kappa shape index (κ2) is 5.03. The maximum atomic E-state index is 10.00. The van der Waals surface area contributed by atoms with E-state index in [0.29, 0.717) is 10.1 Å². The number of hydrogen-bond acceptors (Lipinski definition) is 2. The maximum Gasteiger partial charge on any atom is 0.182 e. The molecule has 3 rings (SSSR count). The summed E-state index contributed by atoms with van der Waals surface area (Å²) in [5, 5.41) is 14.2. The quantitative estimate of drug-likeness (QED) is 0.814. The Morgan fingerprint density at radius 3 is 2.62 bits per heavy atom. The largest absolute Gasteiger partial charge is 0.332 e. The molecule has 0 fully saturated rings. The predicted octanol–water partition coefficient (Wildman–Crippen LogP) is 3.75. The minimum atomic E-state index is -0.982. The lowest BCUT2D eigenvalue weighted by molar-refractivity contribution is 0.337. The van der Waals surface area contributed by atoms with Crippen molar-refractivity contribution in [3.63, 3.8) is 0 Å². The number of nitriles is 1. The molecule has 2 aromatic rings. The minimum Gasteiger partial charge on any atom is -0.332 e. The molecule has 104 valence electrons. The fourth-order valence-corrected chi connectivity index (χ4v) is 3.10. The lowest BCUT2D eigenvalue weighted by atomic mass is 9.80. The van der Waals surface area contributed by atoms with Crippen molar-refractivity contribution in [3.8, 4) is 6.07 Å². The Kier molecular flexibility index (Phi) is 3.32. The molecule has 1 aliphatic heterocycles. The van der Waals surface area contributed by atoms with Crippen LogP contribution in [0.5, 0.6) is 0 Å². The first-order valence-electron chi connectivity index (χ1n) is 6.41. The van der Waals surface area contributed by atoms with Gasteiger partial charge in [-0.15, -0.1) is 0 Å². The highest BCUT2D eigenvalue weighted by atomic mass is 35.5. The van der Waals surface area contributed by atoms with E-state index in [9.17, 15) is 5.26 Å². The molecular formula is C16H12ClN3S. The zero-order chi connectivity index (χ0) is 15.0. The van der Waals surface area contributed by atoms with Crippen LogP contribution >= 0.6 is 23.8 Å². The normalized spacial score (nSPS) is 20.4. The predicted molar refractivity (Wildman–Crippen MR) is 88.3 cm³/mol. The summed E-state index contributed by atoms with van der Waals surface area (Å²) in [6, 6.07) is 17.5. The number of halogens is 1. The first-order chi connectivity index (χ1) is 10.1. The molecule has 1 unspecified atom stereocenters. The minimum absolute atomic E-state index is 0.509. The Morgan fingerprint density at radius 1 is 1.24 bits per heavy atom. The molecule has 0 aromatic heterocycles. The van der Waals surface area contributed by atoms with Gasteiger partial charge in [-0.05, 0) is 36.0 Å². The van der Waals surface area contributed by atoms with Gasteiger partial charge in [0.2, 0.25) is 0 Å². The number of nitrogens with zero attached hydrogens (tertiary/aromatic N) is 2. The van der Waals surface area contributed by atoms with Gasteiger partial charge < -0.3 is 10.2 Å². The average molecular weight is 314 g/mol. The standard InChI is InChI=1S/C16H12ClN3S/c1-20-15(21)19-14-8-7-12(17)9-13(14)16(20,10-18)11-5-3-2-4-6-11/h2-9H,1H3,(H,19,21). The van der Waals surface area contributed by atoms with E-state index in [1.807, 2.05) is 49.5 Å². The highest BCUT2D eigenvalue weighted by Gasteiger charge is 2.45. The van der Waals surface area contributed by atoms with E-state index in [0.717, 1.165) is 16.8 Å². The topological polar surface area (TPSA) is 39.1 Å². The molecule has 0 amide bonds. The van der Waals surface area contributed by atoms with E-state index in [-0.39, 0.29) is 0 Å². The van der Waals surface area contributed by atoms with Crippen molar-refractivity contribution in [3.05, 3.63) is 64.7 Å². The smallest absolute Gasteiger partial charge is 0.182 e. The SMILES string of the molecule is CN1C(=S)Nc2ccc(Cl)cc2C1(C#N)c1ccccc1. The second-order valence-corrected chi connectivity index (χ2v) is 5.69. The second-order valence-electron chi connectivity index (χ2n) is 4.87. The Morgan fingerprint density at radius 2 is 1.95 bits per heavy atom. The van der Waals surface area contributed by atoms with Gasteiger partial charge >= 0.3 is 0 Å². The van der Waals surface area contributed by atoms with Crippen LogP contribution in [0.4, 0.5) is 5.69 Å². The summed E-state index contributed by atoms with van der Waals surface area (Å²) in [6.45, 7) is 0. The van der Waals surface area contributed by atoms with Crippen molar-refractivity contribution < 1.29 is 0 Å². The summed E-state index contributed by atoms with van der Waals surface area (Å²) < 4.78 is 0. The van der Waals surface area contributed by atoms with Crippen LogP contribution in [0.15, 0.2) is 48.5 Å². The molecule has 0 spiro atoms. The van der Waals surface area contributed by atoms with Crippen LogP contribution in [-0.4, -0.2) is 17.1 Å². The van der Waals surface area contributed by atoms with E-state index in [4.69, 9.17) is 23.8 Å². The van der Waals surface area contributed by atoms with Crippen molar-refractivity contribution >= 4 is 34.6 Å². The van der Waals surface area contributed by atoms with E-state index < -0.39 is 5.54 Å². The van der Waals surface area contributed by atoms with Crippen LogP contribution in [0, 0.1) is 11.3 Å². The van der Waals surface area contributed by atoms with Gasteiger partial charge in [0.15, 0.2) is 10.7 Å². The fourth-order valence-electron chi connectivity index (χ4n) is 2.69. The number of anilines is 1. The van der Waals surface area contributed by atoms with Crippen LogP contribution in [0.25, 0.3) is 0 Å². The fraction of sp³-hybridized carbons (Fsp3) is 0.125. The Bertz CT molecular complexity index is 754. The molecule has 1 atom stereocenters. The molecule has 1 N–H and O–H groups in total. The molecule has 5 heteroatoms. The van der Waals surface area contributed by atoms with Crippen molar-refractivity contribution in [2.75, 3.05) is 12.4 Å². The molecule has 0 saturated carbocycles. The number of nitrogens with one attached hydrogen (secondary N) is 1. The number of rotatable bonds is 1. The van der Waals surface area contributed by atoms with E-state index in [1.54, 1.807) is 11.0 Å². The Balaban J connectivity index is 2.36. The Labute approximate surface area is 133 Å². The molecule has 0 bridgehead atoms. The highest BCUT2D eigenvalue weighted by Crippen LogP contribution is 2.43. The first-order valence-corrected chi connectivity index (χ1v) is 7.20. The number of thiocarbonyl (C=S) groups is 1. The van der Waals surface area contributed by atoms with Gasteiger partial charge in [-0.25, -0.2) is 0 Å². The van der Waals surface area contributed by atoms with Crippen molar-refractivity contribution in [1.29, 1.82) is 5.26 Å². The molecular weight excluding hydrogens is 302 g/mol. The third kappa shape index (κ3) is 1.98. The summed E-state index contributed by atoms with van der Waals surface area (Å²) in [6.07, 6.45) is 0. The molecule has 2 aromatic carbocycles. The van der Waals surface area contributed by atoms with E-state index >= 15 is 0 Å². The van der Waals surface area contributed by atoms with Crippen LogP contribution in [0.1, 0.15) is 11.1 Å². The molecule has 0 aliphatic carbocycles. The maximum absolute atomic E-state index is 10.00. The molecule has 1 aliphatic rings. The van der Waals surface area contributed by atoms with Gasteiger partial charge in [0.1, 0.15) is 6.07 Å². The van der Waals surface area contributed by atoms with Gasteiger partial charge in [0.05, 0.1) is 0 Å². The Hall–Kier alpha value is -2.09. The van der Waals surface area contributed by atoms with Crippen LogP contribution in [0.3, 0.4) is 0 Å².